The summed E-state index contributed by atoms with van der Waals surface area (Å²) in [5, 5.41) is 11.9. The minimum atomic E-state index is -0.624. The number of fused-ring (bicyclic) bond motifs is 5. The van der Waals surface area contributed by atoms with Gasteiger partial charge in [0.15, 0.2) is 23.0 Å². The molecule has 2 aliphatic rings. The molecule has 3 heterocycles. The Morgan fingerprint density at radius 1 is 1.15 bits per heavy atom. The summed E-state index contributed by atoms with van der Waals surface area (Å²) in [7, 11) is 0. The zero-order chi connectivity index (χ0) is 18.3. The van der Waals surface area contributed by atoms with Gasteiger partial charge in [0.05, 0.1) is 6.54 Å². The molecule has 0 saturated carbocycles. The van der Waals surface area contributed by atoms with Crippen LogP contribution < -0.4 is 15.2 Å². The van der Waals surface area contributed by atoms with Crippen molar-refractivity contribution in [2.24, 2.45) is 0 Å². The molecule has 0 aliphatic carbocycles. The first-order valence-corrected chi connectivity index (χ1v) is 8.10. The highest BCUT2D eigenvalue weighted by atomic mass is 19.1. The molecule has 2 aromatic rings. The number of aromatic hydroxyl groups is 1. The Morgan fingerprint density at radius 2 is 2.00 bits per heavy atom. The van der Waals surface area contributed by atoms with E-state index >= 15 is 0 Å². The molecule has 0 atom stereocenters. The summed E-state index contributed by atoms with van der Waals surface area (Å²) < 4.78 is 21.2. The maximum Gasteiger partial charge on any atom is 0.278 e. The maximum atomic E-state index is 14.2. The molecular weight excluding hydrogens is 341 g/mol. The highest BCUT2D eigenvalue weighted by Crippen LogP contribution is 2.27. The number of nitrogens with zero attached hydrogens (tertiary/aromatic N) is 3. The number of carbonyl (C=O) groups is 1. The van der Waals surface area contributed by atoms with E-state index in [4.69, 9.17) is 4.74 Å². The zero-order valence-corrected chi connectivity index (χ0v) is 13.8. The summed E-state index contributed by atoms with van der Waals surface area (Å²) in [5.74, 6) is -1.36. The highest BCUT2D eigenvalue weighted by Gasteiger charge is 2.32. The molecule has 2 aliphatic heterocycles. The van der Waals surface area contributed by atoms with Crippen molar-refractivity contribution in [3.05, 3.63) is 69.9 Å². The fraction of sp³-hybridized carbons (Fsp3) is 0.222. The van der Waals surface area contributed by atoms with E-state index in [1.54, 1.807) is 29.3 Å². The van der Waals surface area contributed by atoms with Crippen molar-refractivity contribution in [2.45, 2.75) is 6.54 Å². The summed E-state index contributed by atoms with van der Waals surface area (Å²) in [6.45, 7) is 0.896. The molecule has 4 rings (SSSR count). The number of ether oxygens (including phenoxy) is 1. The van der Waals surface area contributed by atoms with Gasteiger partial charge in [-0.25, -0.2) is 4.39 Å². The Kier molecular flexibility index (Phi) is 3.87. The van der Waals surface area contributed by atoms with Gasteiger partial charge in [0.1, 0.15) is 13.3 Å². The Bertz CT molecular complexity index is 969. The molecule has 0 radical (unpaired) electrons. The fourth-order valence-corrected chi connectivity index (χ4v) is 3.14. The largest absolute Gasteiger partial charge is 0.502 e. The second kappa shape index (κ2) is 6.21. The zero-order valence-electron chi connectivity index (χ0n) is 13.8. The van der Waals surface area contributed by atoms with Gasteiger partial charge in [-0.2, -0.15) is 0 Å². The van der Waals surface area contributed by atoms with Crippen LogP contribution in [-0.4, -0.2) is 40.4 Å². The first kappa shape index (κ1) is 16.2. The van der Waals surface area contributed by atoms with Crippen LogP contribution in [0.3, 0.4) is 0 Å². The standard InChI is InChI=1S/C18H16FN3O4/c19-13-5-3-4-12-10-21-11-20(7-1-2-9-26-17(12)13)18(25)15-16(24)14(23)6-8-22(15)21/h1-6,8,24H,7,9-11H2/b2-1-. The van der Waals surface area contributed by atoms with Crippen molar-refractivity contribution in [1.29, 1.82) is 0 Å². The quantitative estimate of drug-likeness (QED) is 0.717. The van der Waals surface area contributed by atoms with Crippen LogP contribution in [0.5, 0.6) is 11.5 Å². The molecule has 134 valence electrons. The number of benzene rings is 1. The maximum absolute atomic E-state index is 14.2. The molecule has 1 amide bonds. The fourth-order valence-electron chi connectivity index (χ4n) is 3.14. The number of aromatic nitrogens is 1. The molecule has 8 heteroatoms. The van der Waals surface area contributed by atoms with Crippen LogP contribution in [0.15, 0.2) is 47.4 Å². The van der Waals surface area contributed by atoms with Crippen molar-refractivity contribution in [2.75, 3.05) is 24.8 Å². The average molecular weight is 357 g/mol. The van der Waals surface area contributed by atoms with E-state index in [1.165, 1.54) is 27.9 Å². The molecule has 26 heavy (non-hydrogen) atoms. The van der Waals surface area contributed by atoms with E-state index in [0.29, 0.717) is 5.56 Å². The molecule has 0 fully saturated rings. The number of hydrogen-bond acceptors (Lipinski definition) is 5. The van der Waals surface area contributed by atoms with Crippen molar-refractivity contribution >= 4 is 5.91 Å². The number of amides is 1. The molecule has 1 aromatic heterocycles. The molecule has 0 unspecified atom stereocenters. The molecule has 7 nitrogen and oxygen atoms in total. The number of halogens is 1. The topological polar surface area (TPSA) is 75.0 Å². The third-order valence-electron chi connectivity index (χ3n) is 4.40. The van der Waals surface area contributed by atoms with Crippen LogP contribution in [0.25, 0.3) is 0 Å². The SMILES string of the molecule is O=C1c2c(O)c(=O)ccn2N2Cc3cccc(F)c3OC/C=C\CN1C2. The molecule has 1 aromatic carbocycles. The predicted octanol–water partition coefficient (Wildman–Crippen LogP) is 1.19. The van der Waals surface area contributed by atoms with Crippen molar-refractivity contribution in [1.82, 2.24) is 9.58 Å². The van der Waals surface area contributed by atoms with E-state index in [-0.39, 0.29) is 37.8 Å². The van der Waals surface area contributed by atoms with Crippen molar-refractivity contribution in [3.8, 4) is 11.5 Å². The predicted molar refractivity (Wildman–Crippen MR) is 91.2 cm³/mol. The first-order valence-electron chi connectivity index (χ1n) is 8.10. The monoisotopic (exact) mass is 357 g/mol. The summed E-state index contributed by atoms with van der Waals surface area (Å²) in [4.78, 5) is 26.0. The van der Waals surface area contributed by atoms with Gasteiger partial charge < -0.3 is 14.7 Å². The van der Waals surface area contributed by atoms with E-state index in [1.807, 2.05) is 0 Å². The lowest BCUT2D eigenvalue weighted by Gasteiger charge is -2.39. The lowest BCUT2D eigenvalue weighted by atomic mass is 10.2. The van der Waals surface area contributed by atoms with Gasteiger partial charge in [-0.05, 0) is 12.1 Å². The van der Waals surface area contributed by atoms with Gasteiger partial charge in [-0.15, -0.1) is 0 Å². The summed E-state index contributed by atoms with van der Waals surface area (Å²) in [5.41, 5.74) is -0.130. The number of pyridine rings is 1. The number of carbonyl (C=O) groups excluding carboxylic acids is 1. The third kappa shape index (κ3) is 2.59. The molecule has 2 bridgehead atoms. The first-order chi connectivity index (χ1) is 12.6. The minimum absolute atomic E-state index is 0.102. The Balaban J connectivity index is 1.87. The Morgan fingerprint density at radius 3 is 2.85 bits per heavy atom. The normalized spacial score (nSPS) is 17.7. The van der Waals surface area contributed by atoms with Gasteiger partial charge in [0.25, 0.3) is 5.91 Å². The third-order valence-corrected chi connectivity index (χ3v) is 4.40. The second-order valence-corrected chi connectivity index (χ2v) is 6.07. The van der Waals surface area contributed by atoms with Gasteiger partial charge in [0, 0.05) is 24.4 Å². The summed E-state index contributed by atoms with van der Waals surface area (Å²) in [6, 6.07) is 5.84. The van der Waals surface area contributed by atoms with Gasteiger partial charge >= 0.3 is 0 Å². The lowest BCUT2D eigenvalue weighted by Crippen LogP contribution is -2.53. The van der Waals surface area contributed by atoms with E-state index in [2.05, 4.69) is 0 Å². The number of para-hydroxylation sites is 1. The van der Waals surface area contributed by atoms with Crippen molar-refractivity contribution in [3.63, 3.8) is 0 Å². The van der Waals surface area contributed by atoms with Crippen LogP contribution in [0.2, 0.25) is 0 Å². The van der Waals surface area contributed by atoms with Crippen LogP contribution >= 0.6 is 0 Å². The lowest BCUT2D eigenvalue weighted by molar-refractivity contribution is 0.0706. The second-order valence-electron chi connectivity index (χ2n) is 6.07. The van der Waals surface area contributed by atoms with E-state index in [9.17, 15) is 19.1 Å². The number of rotatable bonds is 0. The Hall–Kier alpha value is -3.29. The van der Waals surface area contributed by atoms with E-state index < -0.39 is 22.9 Å². The van der Waals surface area contributed by atoms with Crippen LogP contribution in [0.1, 0.15) is 16.1 Å². The molecule has 0 saturated heterocycles. The van der Waals surface area contributed by atoms with Gasteiger partial charge in [0.2, 0.25) is 5.43 Å². The summed E-state index contributed by atoms with van der Waals surface area (Å²) in [6.07, 6.45) is 4.86. The van der Waals surface area contributed by atoms with Crippen LogP contribution in [-0.2, 0) is 6.54 Å². The minimum Gasteiger partial charge on any atom is -0.502 e. The summed E-state index contributed by atoms with van der Waals surface area (Å²) >= 11 is 0. The average Bonchev–Trinajstić information content (AvgIpc) is 2.65. The molecule has 1 N–H and O–H groups in total. The highest BCUT2D eigenvalue weighted by molar-refractivity contribution is 5.96. The van der Waals surface area contributed by atoms with Gasteiger partial charge in [-0.3, -0.25) is 19.3 Å². The van der Waals surface area contributed by atoms with E-state index in [0.717, 1.165) is 0 Å². The smallest absolute Gasteiger partial charge is 0.278 e. The number of hydrogen-bond donors (Lipinski definition) is 1. The molecule has 0 spiro atoms. The van der Waals surface area contributed by atoms with Gasteiger partial charge in [-0.1, -0.05) is 18.2 Å². The van der Waals surface area contributed by atoms with Crippen molar-refractivity contribution < 1.29 is 19.0 Å². The molecular formula is C18H16FN3O4. The van der Waals surface area contributed by atoms with Crippen LogP contribution in [0, 0.1) is 5.82 Å². The van der Waals surface area contributed by atoms with Crippen LogP contribution in [0.4, 0.5) is 4.39 Å². The Labute approximate surface area is 148 Å².